The second-order valence-electron chi connectivity index (χ2n) is 5.78. The first-order valence-electron chi connectivity index (χ1n) is 8.37. The number of ether oxygens (including phenoxy) is 3. The third-order valence-corrected chi connectivity index (χ3v) is 3.43. The monoisotopic (exact) mass is 337 g/mol. The van der Waals surface area contributed by atoms with Crippen molar-refractivity contribution in [1.82, 2.24) is 10.6 Å². The average Bonchev–Trinajstić information content (AvgIpc) is 2.58. The first-order valence-corrected chi connectivity index (χ1v) is 8.37. The lowest BCUT2D eigenvalue weighted by atomic mass is 10.1. The van der Waals surface area contributed by atoms with Crippen LogP contribution in [0, 0.1) is 5.92 Å². The van der Waals surface area contributed by atoms with Crippen LogP contribution in [0.25, 0.3) is 0 Å². The lowest BCUT2D eigenvalue weighted by Crippen LogP contribution is -2.38. The Balaban J connectivity index is 2.77. The minimum absolute atomic E-state index is 0.534. The first-order chi connectivity index (χ1) is 11.6. The molecule has 0 fully saturated rings. The number of nitrogens with one attached hydrogen (secondary N) is 2. The Morgan fingerprint density at radius 3 is 2.29 bits per heavy atom. The number of rotatable bonds is 9. The fourth-order valence-electron chi connectivity index (χ4n) is 2.29. The van der Waals surface area contributed by atoms with E-state index in [1.165, 1.54) is 0 Å². The van der Waals surface area contributed by atoms with E-state index in [4.69, 9.17) is 14.2 Å². The third-order valence-electron chi connectivity index (χ3n) is 3.43. The highest BCUT2D eigenvalue weighted by Crippen LogP contribution is 2.39. The molecule has 0 heterocycles. The van der Waals surface area contributed by atoms with E-state index in [1.807, 2.05) is 12.1 Å². The zero-order valence-corrected chi connectivity index (χ0v) is 15.7. The molecule has 0 aliphatic rings. The summed E-state index contributed by atoms with van der Waals surface area (Å²) >= 11 is 0. The molecule has 0 unspecified atom stereocenters. The molecule has 0 amide bonds. The van der Waals surface area contributed by atoms with Crippen LogP contribution in [-0.2, 0) is 6.42 Å². The van der Waals surface area contributed by atoms with Gasteiger partial charge in [-0.25, -0.2) is 0 Å². The number of benzene rings is 1. The zero-order chi connectivity index (χ0) is 17.9. The molecular formula is C18H31N3O3. The van der Waals surface area contributed by atoms with Crippen LogP contribution in [0.3, 0.4) is 0 Å². The topological polar surface area (TPSA) is 64.1 Å². The number of guanidine groups is 1. The highest BCUT2D eigenvalue weighted by Gasteiger charge is 2.15. The summed E-state index contributed by atoms with van der Waals surface area (Å²) in [6, 6.07) is 3.90. The Kier molecular flexibility index (Phi) is 8.83. The Morgan fingerprint density at radius 1 is 1.04 bits per heavy atom. The van der Waals surface area contributed by atoms with Crippen molar-refractivity contribution in [3.8, 4) is 17.2 Å². The van der Waals surface area contributed by atoms with E-state index >= 15 is 0 Å². The molecular weight excluding hydrogens is 306 g/mol. The van der Waals surface area contributed by atoms with E-state index in [2.05, 4.69) is 36.4 Å². The molecule has 6 heteroatoms. The SMILES string of the molecule is CCNC(=NCC(C)C)NCCc1ccc(OC)c(OC)c1OC. The molecule has 24 heavy (non-hydrogen) atoms. The van der Waals surface area contributed by atoms with Crippen molar-refractivity contribution in [2.45, 2.75) is 27.2 Å². The minimum Gasteiger partial charge on any atom is -0.493 e. The van der Waals surface area contributed by atoms with E-state index in [1.54, 1.807) is 21.3 Å². The van der Waals surface area contributed by atoms with Crippen molar-refractivity contribution in [2.75, 3.05) is 41.0 Å². The van der Waals surface area contributed by atoms with Crippen LogP contribution < -0.4 is 24.8 Å². The number of nitrogens with zero attached hydrogens (tertiary/aromatic N) is 1. The van der Waals surface area contributed by atoms with Gasteiger partial charge < -0.3 is 24.8 Å². The summed E-state index contributed by atoms with van der Waals surface area (Å²) in [5.74, 6) is 3.37. The van der Waals surface area contributed by atoms with Crippen molar-refractivity contribution < 1.29 is 14.2 Å². The Labute approximate surface area is 145 Å². The predicted molar refractivity (Wildman–Crippen MR) is 98.6 cm³/mol. The molecule has 2 N–H and O–H groups in total. The standard InChI is InChI=1S/C18H31N3O3/c1-7-19-18(21-12-13(2)3)20-11-10-14-8-9-15(22-4)17(24-6)16(14)23-5/h8-9,13H,7,10-12H2,1-6H3,(H2,19,20,21). The van der Waals surface area contributed by atoms with Gasteiger partial charge >= 0.3 is 0 Å². The van der Waals surface area contributed by atoms with Gasteiger partial charge in [-0.2, -0.15) is 0 Å². The summed E-state index contributed by atoms with van der Waals surface area (Å²) in [6.07, 6.45) is 0.787. The van der Waals surface area contributed by atoms with Crippen molar-refractivity contribution >= 4 is 5.96 Å². The summed E-state index contributed by atoms with van der Waals surface area (Å²) in [5, 5.41) is 6.61. The molecule has 1 aromatic carbocycles. The molecule has 0 saturated heterocycles. The maximum atomic E-state index is 5.52. The highest BCUT2D eigenvalue weighted by atomic mass is 16.5. The Bertz CT molecular complexity index is 530. The smallest absolute Gasteiger partial charge is 0.203 e. The van der Waals surface area contributed by atoms with Gasteiger partial charge in [0.1, 0.15) is 0 Å². The normalized spacial score (nSPS) is 11.4. The van der Waals surface area contributed by atoms with Crippen LogP contribution in [0.5, 0.6) is 17.2 Å². The van der Waals surface area contributed by atoms with Crippen molar-refractivity contribution in [3.63, 3.8) is 0 Å². The minimum atomic E-state index is 0.534. The summed E-state index contributed by atoms with van der Waals surface area (Å²) in [5.41, 5.74) is 1.06. The zero-order valence-electron chi connectivity index (χ0n) is 15.7. The lowest BCUT2D eigenvalue weighted by molar-refractivity contribution is 0.322. The van der Waals surface area contributed by atoms with Crippen molar-refractivity contribution in [1.29, 1.82) is 0 Å². The van der Waals surface area contributed by atoms with E-state index < -0.39 is 0 Å². The average molecular weight is 337 g/mol. The summed E-state index contributed by atoms with van der Waals surface area (Å²) in [4.78, 5) is 4.57. The summed E-state index contributed by atoms with van der Waals surface area (Å²) in [6.45, 7) is 8.75. The molecule has 0 atom stereocenters. The quantitative estimate of drug-likeness (QED) is 0.535. The molecule has 0 aromatic heterocycles. The number of hydrogen-bond donors (Lipinski definition) is 2. The molecule has 0 radical (unpaired) electrons. The maximum Gasteiger partial charge on any atom is 0.203 e. The van der Waals surface area contributed by atoms with Crippen LogP contribution in [-0.4, -0.2) is 46.9 Å². The third kappa shape index (κ3) is 5.83. The van der Waals surface area contributed by atoms with Crippen molar-refractivity contribution in [2.24, 2.45) is 10.9 Å². The van der Waals surface area contributed by atoms with Crippen LogP contribution in [0.4, 0.5) is 0 Å². The van der Waals surface area contributed by atoms with Crippen LogP contribution >= 0.6 is 0 Å². The van der Waals surface area contributed by atoms with E-state index in [0.717, 1.165) is 37.6 Å². The van der Waals surface area contributed by atoms with Crippen LogP contribution in [0.2, 0.25) is 0 Å². The number of hydrogen-bond acceptors (Lipinski definition) is 4. The number of aliphatic imine (C=N–C) groups is 1. The lowest BCUT2D eigenvalue weighted by Gasteiger charge is -2.16. The summed E-state index contributed by atoms with van der Waals surface area (Å²) < 4.78 is 16.3. The van der Waals surface area contributed by atoms with Gasteiger partial charge in [0.25, 0.3) is 0 Å². The Hall–Kier alpha value is -2.11. The highest BCUT2D eigenvalue weighted by molar-refractivity contribution is 5.79. The van der Waals surface area contributed by atoms with Gasteiger partial charge in [-0.1, -0.05) is 19.9 Å². The first kappa shape index (κ1) is 19.9. The molecule has 1 aromatic rings. The molecule has 0 bridgehead atoms. The second-order valence-corrected chi connectivity index (χ2v) is 5.78. The molecule has 0 aliphatic heterocycles. The molecule has 0 spiro atoms. The van der Waals surface area contributed by atoms with Crippen LogP contribution in [0.1, 0.15) is 26.3 Å². The second kappa shape index (κ2) is 10.6. The molecule has 6 nitrogen and oxygen atoms in total. The molecule has 1 rings (SSSR count). The summed E-state index contributed by atoms with van der Waals surface area (Å²) in [7, 11) is 4.87. The largest absolute Gasteiger partial charge is 0.493 e. The van der Waals surface area contributed by atoms with Gasteiger partial charge in [-0.3, -0.25) is 4.99 Å². The molecule has 0 aliphatic carbocycles. The number of methoxy groups -OCH3 is 3. The van der Waals surface area contributed by atoms with Gasteiger partial charge in [0.05, 0.1) is 21.3 Å². The molecule has 0 saturated carbocycles. The van der Waals surface area contributed by atoms with Crippen molar-refractivity contribution in [3.05, 3.63) is 17.7 Å². The van der Waals surface area contributed by atoms with Gasteiger partial charge in [-0.15, -0.1) is 0 Å². The molecule has 136 valence electrons. The van der Waals surface area contributed by atoms with Gasteiger partial charge in [-0.05, 0) is 25.3 Å². The van der Waals surface area contributed by atoms with E-state index in [-0.39, 0.29) is 0 Å². The Morgan fingerprint density at radius 2 is 1.75 bits per heavy atom. The maximum absolute atomic E-state index is 5.52. The van der Waals surface area contributed by atoms with Gasteiger partial charge in [0.2, 0.25) is 5.75 Å². The van der Waals surface area contributed by atoms with E-state index in [0.29, 0.717) is 23.2 Å². The van der Waals surface area contributed by atoms with Crippen LogP contribution in [0.15, 0.2) is 17.1 Å². The van der Waals surface area contributed by atoms with E-state index in [9.17, 15) is 0 Å². The fourth-order valence-corrected chi connectivity index (χ4v) is 2.29. The van der Waals surface area contributed by atoms with Gasteiger partial charge in [0.15, 0.2) is 17.5 Å². The fraction of sp³-hybridized carbons (Fsp3) is 0.611. The predicted octanol–water partition coefficient (Wildman–Crippen LogP) is 2.47. The van der Waals surface area contributed by atoms with Gasteiger partial charge in [0, 0.05) is 25.2 Å².